The van der Waals surface area contributed by atoms with Gasteiger partial charge < -0.3 is 14.2 Å². The topological polar surface area (TPSA) is 48.1 Å². The lowest BCUT2D eigenvalue weighted by Gasteiger charge is -2.35. The molecule has 2 atom stereocenters. The molecule has 16 heavy (non-hydrogen) atoms. The van der Waals surface area contributed by atoms with E-state index in [1.165, 1.54) is 0 Å². The summed E-state index contributed by atoms with van der Waals surface area (Å²) < 4.78 is 16.4. The van der Waals surface area contributed by atoms with E-state index < -0.39 is 5.60 Å². The van der Waals surface area contributed by atoms with Gasteiger partial charge in [-0.05, 0) is 27.7 Å². The van der Waals surface area contributed by atoms with E-state index in [9.17, 15) is 4.79 Å². The van der Waals surface area contributed by atoms with Crippen molar-refractivity contribution in [3.63, 3.8) is 0 Å². The fourth-order valence-corrected chi connectivity index (χ4v) is 2.68. The standard InChI is InChI=1S/C12H20O4/c1-5-14-9(13)11(4)12(16-11)6-7-15-10(2,3)8-12/h5-8H2,1-4H3/t11-,12-/m0/s1. The Labute approximate surface area is 96.2 Å². The second-order valence-corrected chi connectivity index (χ2v) is 5.39. The van der Waals surface area contributed by atoms with Gasteiger partial charge in [0.25, 0.3) is 0 Å². The van der Waals surface area contributed by atoms with E-state index in [4.69, 9.17) is 14.2 Å². The molecular weight excluding hydrogens is 208 g/mol. The fraction of sp³-hybridized carbons (Fsp3) is 0.917. The third-order valence-electron chi connectivity index (χ3n) is 3.60. The second-order valence-electron chi connectivity index (χ2n) is 5.39. The van der Waals surface area contributed by atoms with Crippen LogP contribution in [-0.2, 0) is 19.0 Å². The average molecular weight is 228 g/mol. The van der Waals surface area contributed by atoms with Crippen molar-refractivity contribution in [2.24, 2.45) is 0 Å². The summed E-state index contributed by atoms with van der Waals surface area (Å²) >= 11 is 0. The predicted octanol–water partition coefficient (Wildman–Crippen LogP) is 1.67. The molecule has 2 fully saturated rings. The van der Waals surface area contributed by atoms with Crippen molar-refractivity contribution in [3.05, 3.63) is 0 Å². The van der Waals surface area contributed by atoms with Crippen molar-refractivity contribution < 1.29 is 19.0 Å². The third-order valence-corrected chi connectivity index (χ3v) is 3.60. The van der Waals surface area contributed by atoms with Gasteiger partial charge in [0.1, 0.15) is 5.60 Å². The van der Waals surface area contributed by atoms with Crippen LogP contribution in [0, 0.1) is 0 Å². The number of carbonyl (C=O) groups is 1. The van der Waals surface area contributed by atoms with Gasteiger partial charge in [0.15, 0.2) is 5.60 Å². The van der Waals surface area contributed by atoms with Crippen molar-refractivity contribution in [1.29, 1.82) is 0 Å². The van der Waals surface area contributed by atoms with Crippen LogP contribution in [0.3, 0.4) is 0 Å². The molecule has 0 N–H and O–H groups in total. The van der Waals surface area contributed by atoms with Crippen LogP contribution in [0.1, 0.15) is 40.5 Å². The van der Waals surface area contributed by atoms with Crippen molar-refractivity contribution in [2.75, 3.05) is 13.2 Å². The molecule has 0 radical (unpaired) electrons. The zero-order valence-corrected chi connectivity index (χ0v) is 10.5. The van der Waals surface area contributed by atoms with E-state index >= 15 is 0 Å². The first kappa shape index (κ1) is 11.9. The van der Waals surface area contributed by atoms with E-state index in [2.05, 4.69) is 0 Å². The van der Waals surface area contributed by atoms with Crippen LogP contribution < -0.4 is 0 Å². The molecule has 0 amide bonds. The highest BCUT2D eigenvalue weighted by Gasteiger charge is 2.74. The van der Waals surface area contributed by atoms with Crippen LogP contribution in [0.15, 0.2) is 0 Å². The monoisotopic (exact) mass is 228 g/mol. The Bertz CT molecular complexity index is 312. The van der Waals surface area contributed by atoms with Crippen molar-refractivity contribution in [1.82, 2.24) is 0 Å². The molecule has 0 aliphatic carbocycles. The summed E-state index contributed by atoms with van der Waals surface area (Å²) in [4.78, 5) is 11.8. The van der Waals surface area contributed by atoms with Crippen molar-refractivity contribution in [2.45, 2.75) is 57.3 Å². The maximum Gasteiger partial charge on any atom is 0.341 e. The lowest BCUT2D eigenvalue weighted by molar-refractivity contribution is -0.149. The third kappa shape index (κ3) is 1.64. The summed E-state index contributed by atoms with van der Waals surface area (Å²) in [6, 6.07) is 0. The number of hydrogen-bond acceptors (Lipinski definition) is 4. The van der Waals surface area contributed by atoms with E-state index in [1.54, 1.807) is 0 Å². The molecule has 4 nitrogen and oxygen atoms in total. The van der Waals surface area contributed by atoms with E-state index in [0.717, 1.165) is 12.8 Å². The van der Waals surface area contributed by atoms with Gasteiger partial charge in [0.05, 0.1) is 18.8 Å². The molecule has 2 rings (SSSR count). The molecule has 2 heterocycles. The van der Waals surface area contributed by atoms with Gasteiger partial charge in [-0.1, -0.05) is 0 Å². The Morgan fingerprint density at radius 1 is 1.38 bits per heavy atom. The van der Waals surface area contributed by atoms with Gasteiger partial charge in [0.2, 0.25) is 0 Å². The van der Waals surface area contributed by atoms with Gasteiger partial charge in [-0.2, -0.15) is 0 Å². The SMILES string of the molecule is CCOC(=O)[C@]1(C)O[C@]12CCOC(C)(C)C2. The second kappa shape index (κ2) is 3.44. The van der Waals surface area contributed by atoms with E-state index in [0.29, 0.717) is 13.2 Å². The van der Waals surface area contributed by atoms with Crippen LogP contribution >= 0.6 is 0 Å². The van der Waals surface area contributed by atoms with Gasteiger partial charge in [-0.15, -0.1) is 0 Å². The Balaban J connectivity index is 2.10. The summed E-state index contributed by atoms with van der Waals surface area (Å²) in [6.45, 7) is 8.73. The Hall–Kier alpha value is -0.610. The van der Waals surface area contributed by atoms with Crippen LogP contribution in [0.5, 0.6) is 0 Å². The predicted molar refractivity (Wildman–Crippen MR) is 58.1 cm³/mol. The van der Waals surface area contributed by atoms with E-state index in [1.807, 2.05) is 27.7 Å². The molecule has 0 unspecified atom stereocenters. The highest BCUT2D eigenvalue weighted by Crippen LogP contribution is 2.57. The molecule has 92 valence electrons. The quantitative estimate of drug-likeness (QED) is 0.533. The Morgan fingerprint density at radius 2 is 2.06 bits per heavy atom. The highest BCUT2D eigenvalue weighted by atomic mass is 16.7. The van der Waals surface area contributed by atoms with Crippen LogP contribution in [-0.4, -0.2) is 36.0 Å². The van der Waals surface area contributed by atoms with Gasteiger partial charge >= 0.3 is 5.97 Å². The minimum absolute atomic E-state index is 0.220. The van der Waals surface area contributed by atoms with Crippen molar-refractivity contribution >= 4 is 5.97 Å². The van der Waals surface area contributed by atoms with Gasteiger partial charge in [-0.25, -0.2) is 4.79 Å². The number of rotatable bonds is 2. The van der Waals surface area contributed by atoms with Crippen LogP contribution in [0.25, 0.3) is 0 Å². The lowest BCUT2D eigenvalue weighted by Crippen LogP contribution is -2.44. The summed E-state index contributed by atoms with van der Waals surface area (Å²) in [5, 5.41) is 0. The number of esters is 1. The number of hydrogen-bond donors (Lipinski definition) is 0. The summed E-state index contributed by atoms with van der Waals surface area (Å²) in [7, 11) is 0. The van der Waals surface area contributed by atoms with E-state index in [-0.39, 0.29) is 17.2 Å². The first-order valence-electron chi connectivity index (χ1n) is 5.87. The first-order valence-corrected chi connectivity index (χ1v) is 5.87. The Morgan fingerprint density at radius 3 is 2.62 bits per heavy atom. The summed E-state index contributed by atoms with van der Waals surface area (Å²) in [5.41, 5.74) is -1.34. The van der Waals surface area contributed by atoms with Crippen LogP contribution in [0.4, 0.5) is 0 Å². The fourth-order valence-electron chi connectivity index (χ4n) is 2.68. The van der Waals surface area contributed by atoms with Gasteiger partial charge in [0, 0.05) is 12.8 Å². The summed E-state index contributed by atoms with van der Waals surface area (Å²) in [5.74, 6) is -0.243. The number of epoxide rings is 1. The zero-order valence-electron chi connectivity index (χ0n) is 10.5. The highest BCUT2D eigenvalue weighted by molar-refractivity contribution is 5.84. The molecule has 2 aliphatic heterocycles. The maximum absolute atomic E-state index is 11.8. The zero-order chi connectivity index (χ0) is 12.0. The minimum Gasteiger partial charge on any atom is -0.464 e. The summed E-state index contributed by atoms with van der Waals surface area (Å²) in [6.07, 6.45) is 1.51. The normalized spacial score (nSPS) is 40.8. The average Bonchev–Trinajstić information content (AvgIpc) is 2.70. The molecule has 0 aromatic rings. The first-order chi connectivity index (χ1) is 7.35. The molecule has 2 aliphatic rings. The molecule has 0 saturated carbocycles. The Kier molecular flexibility index (Phi) is 2.55. The number of carbonyl (C=O) groups excluding carboxylic acids is 1. The molecule has 0 bridgehead atoms. The van der Waals surface area contributed by atoms with Crippen LogP contribution in [0.2, 0.25) is 0 Å². The number of ether oxygens (including phenoxy) is 3. The largest absolute Gasteiger partial charge is 0.464 e. The van der Waals surface area contributed by atoms with Crippen molar-refractivity contribution in [3.8, 4) is 0 Å². The smallest absolute Gasteiger partial charge is 0.341 e. The minimum atomic E-state index is -0.760. The molecule has 2 saturated heterocycles. The molecule has 1 spiro atoms. The molecule has 0 aromatic carbocycles. The molecule has 4 heteroatoms. The maximum atomic E-state index is 11.8. The molecule has 0 aromatic heterocycles. The lowest BCUT2D eigenvalue weighted by atomic mass is 9.80. The van der Waals surface area contributed by atoms with Gasteiger partial charge in [-0.3, -0.25) is 0 Å². The molecular formula is C12H20O4.